The first-order chi connectivity index (χ1) is 13.2. The van der Waals surface area contributed by atoms with Gasteiger partial charge in [0, 0.05) is 31.0 Å². The molecule has 4 rings (SSSR count). The lowest BCUT2D eigenvalue weighted by Gasteiger charge is -2.31. The Morgan fingerprint density at radius 1 is 1.21 bits per heavy atom. The fourth-order valence-electron chi connectivity index (χ4n) is 3.50. The summed E-state index contributed by atoms with van der Waals surface area (Å²) in [6, 6.07) is 13.6. The van der Waals surface area contributed by atoms with Gasteiger partial charge in [-0.25, -0.2) is 4.98 Å². The predicted molar refractivity (Wildman–Crippen MR) is 118 cm³/mol. The van der Waals surface area contributed by atoms with Gasteiger partial charge in [-0.15, -0.1) is 24.8 Å². The molecule has 1 aliphatic rings. The molecule has 1 fully saturated rings. The second-order valence-corrected chi connectivity index (χ2v) is 6.91. The number of carbonyl (C=O) groups excluding carboxylic acids is 1. The van der Waals surface area contributed by atoms with Crippen molar-refractivity contribution in [2.45, 2.75) is 25.5 Å². The lowest BCUT2D eigenvalue weighted by atomic mass is 10.0. The number of rotatable bonds is 5. The molecule has 0 bridgehead atoms. The van der Waals surface area contributed by atoms with Crippen LogP contribution in [0.1, 0.15) is 28.9 Å². The number of imidazole rings is 1. The highest BCUT2D eigenvalue weighted by Gasteiger charge is 2.23. The summed E-state index contributed by atoms with van der Waals surface area (Å²) in [6.07, 6.45) is 5.90. The highest BCUT2D eigenvalue weighted by Crippen LogP contribution is 2.19. The van der Waals surface area contributed by atoms with Crippen LogP contribution in [-0.4, -0.2) is 46.4 Å². The van der Waals surface area contributed by atoms with E-state index in [1.54, 1.807) is 0 Å². The van der Waals surface area contributed by atoms with E-state index in [0.29, 0.717) is 24.0 Å². The van der Waals surface area contributed by atoms with Crippen LogP contribution in [0.15, 0.2) is 54.9 Å². The Kier molecular flexibility index (Phi) is 8.32. The average Bonchev–Trinajstić information content (AvgIpc) is 3.15. The van der Waals surface area contributed by atoms with Crippen LogP contribution in [0.2, 0.25) is 0 Å². The molecule has 1 saturated heterocycles. The largest absolute Gasteiger partial charge is 0.487 e. The Labute approximate surface area is 183 Å². The van der Waals surface area contributed by atoms with Gasteiger partial charge in [0.05, 0.1) is 5.69 Å². The Morgan fingerprint density at radius 3 is 2.76 bits per heavy atom. The number of hydrogen-bond acceptors (Lipinski definition) is 4. The van der Waals surface area contributed by atoms with Crippen molar-refractivity contribution in [3.63, 3.8) is 0 Å². The third-order valence-electron chi connectivity index (χ3n) is 5.06. The van der Waals surface area contributed by atoms with Crippen LogP contribution in [0.5, 0.6) is 5.75 Å². The van der Waals surface area contributed by atoms with E-state index in [0.717, 1.165) is 37.3 Å². The van der Waals surface area contributed by atoms with Gasteiger partial charge in [-0.1, -0.05) is 12.1 Å². The molecule has 156 valence electrons. The zero-order chi connectivity index (χ0) is 18.6. The van der Waals surface area contributed by atoms with Gasteiger partial charge in [-0.2, -0.15) is 0 Å². The van der Waals surface area contributed by atoms with Gasteiger partial charge in [0.25, 0.3) is 5.91 Å². The van der Waals surface area contributed by atoms with Gasteiger partial charge >= 0.3 is 0 Å². The topological polar surface area (TPSA) is 58.9 Å². The number of halogens is 2. The van der Waals surface area contributed by atoms with E-state index in [-0.39, 0.29) is 30.7 Å². The minimum atomic E-state index is 0. The highest BCUT2D eigenvalue weighted by atomic mass is 35.5. The Bertz CT molecular complexity index is 908. The number of aromatic nitrogens is 2. The summed E-state index contributed by atoms with van der Waals surface area (Å²) in [6.45, 7) is 2.29. The smallest absolute Gasteiger partial charge is 0.253 e. The average molecular weight is 437 g/mol. The third-order valence-corrected chi connectivity index (χ3v) is 5.06. The van der Waals surface area contributed by atoms with Crippen molar-refractivity contribution in [1.82, 2.24) is 19.6 Å². The number of carbonyl (C=O) groups is 1. The molecule has 8 heteroatoms. The van der Waals surface area contributed by atoms with Crippen molar-refractivity contribution in [1.29, 1.82) is 0 Å². The minimum Gasteiger partial charge on any atom is -0.487 e. The summed E-state index contributed by atoms with van der Waals surface area (Å²) < 4.78 is 7.85. The monoisotopic (exact) mass is 436 g/mol. The van der Waals surface area contributed by atoms with Crippen molar-refractivity contribution in [2.24, 2.45) is 0 Å². The predicted octanol–water partition coefficient (Wildman–Crippen LogP) is 3.58. The fraction of sp³-hybridized carbons (Fsp3) is 0.333. The number of pyridine rings is 1. The van der Waals surface area contributed by atoms with Crippen LogP contribution in [0.3, 0.4) is 0 Å². The SMILES string of the molecule is CN(C(=O)c1cccc(OCc2cn3ccccc3n2)c1)C1CCNCC1.Cl.Cl. The zero-order valence-electron chi connectivity index (χ0n) is 16.3. The molecule has 1 aliphatic heterocycles. The molecule has 0 unspecified atom stereocenters. The number of benzene rings is 1. The molecule has 1 N–H and O–H groups in total. The van der Waals surface area contributed by atoms with E-state index in [4.69, 9.17) is 4.74 Å². The van der Waals surface area contributed by atoms with E-state index in [1.807, 2.05) is 71.2 Å². The first kappa shape index (κ1) is 23.0. The van der Waals surface area contributed by atoms with Crippen LogP contribution >= 0.6 is 24.8 Å². The number of amides is 1. The molecule has 0 saturated carbocycles. The van der Waals surface area contributed by atoms with Gasteiger partial charge in [0.1, 0.15) is 18.0 Å². The lowest BCUT2D eigenvalue weighted by molar-refractivity contribution is 0.0702. The Morgan fingerprint density at radius 2 is 2.00 bits per heavy atom. The number of ether oxygens (including phenoxy) is 1. The van der Waals surface area contributed by atoms with E-state index in [9.17, 15) is 4.79 Å². The normalized spacial score (nSPS) is 14.0. The van der Waals surface area contributed by atoms with Crippen molar-refractivity contribution in [2.75, 3.05) is 20.1 Å². The molecule has 0 radical (unpaired) electrons. The summed E-state index contributed by atoms with van der Waals surface area (Å²) in [5.74, 6) is 0.719. The molecule has 3 heterocycles. The van der Waals surface area contributed by atoms with Gasteiger partial charge in [0.2, 0.25) is 0 Å². The van der Waals surface area contributed by atoms with Crippen molar-refractivity contribution in [3.8, 4) is 5.75 Å². The number of fused-ring (bicyclic) bond motifs is 1. The van der Waals surface area contributed by atoms with Crippen LogP contribution in [-0.2, 0) is 6.61 Å². The molecular formula is C21H26Cl2N4O2. The number of nitrogens with zero attached hydrogens (tertiary/aromatic N) is 3. The first-order valence-corrected chi connectivity index (χ1v) is 9.34. The minimum absolute atomic E-state index is 0. The molecule has 3 aromatic rings. The quantitative estimate of drug-likeness (QED) is 0.663. The van der Waals surface area contributed by atoms with E-state index >= 15 is 0 Å². The molecule has 1 aromatic carbocycles. The summed E-state index contributed by atoms with van der Waals surface area (Å²) in [5.41, 5.74) is 2.40. The summed E-state index contributed by atoms with van der Waals surface area (Å²) in [5, 5.41) is 3.33. The molecule has 2 aromatic heterocycles. The van der Waals surface area contributed by atoms with E-state index in [1.165, 1.54) is 0 Å². The van der Waals surface area contributed by atoms with Crippen molar-refractivity contribution >= 4 is 36.4 Å². The number of piperidine rings is 1. The maximum atomic E-state index is 12.8. The van der Waals surface area contributed by atoms with Crippen LogP contribution in [0.4, 0.5) is 0 Å². The van der Waals surface area contributed by atoms with Crippen LogP contribution in [0.25, 0.3) is 5.65 Å². The lowest BCUT2D eigenvalue weighted by Crippen LogP contribution is -2.43. The van der Waals surface area contributed by atoms with Crippen LogP contribution < -0.4 is 10.1 Å². The van der Waals surface area contributed by atoms with Crippen molar-refractivity contribution in [3.05, 3.63) is 66.1 Å². The first-order valence-electron chi connectivity index (χ1n) is 9.34. The van der Waals surface area contributed by atoms with E-state index < -0.39 is 0 Å². The Balaban J connectivity index is 0.00000150. The van der Waals surface area contributed by atoms with Gasteiger partial charge in [-0.3, -0.25) is 4.79 Å². The fourth-order valence-corrected chi connectivity index (χ4v) is 3.50. The molecule has 6 nitrogen and oxygen atoms in total. The second kappa shape index (κ2) is 10.5. The molecule has 29 heavy (non-hydrogen) atoms. The number of hydrogen-bond donors (Lipinski definition) is 1. The van der Waals surface area contributed by atoms with E-state index in [2.05, 4.69) is 10.3 Å². The molecular weight excluding hydrogens is 411 g/mol. The standard InChI is InChI=1S/C21H24N4O2.2ClH/c1-24(18-8-10-22-11-9-18)21(26)16-5-4-6-19(13-16)27-15-17-14-25-12-3-2-7-20(25)23-17;;/h2-7,12-14,18,22H,8-11,15H2,1H3;2*1H. The van der Waals surface area contributed by atoms with Gasteiger partial charge < -0.3 is 19.4 Å². The molecule has 0 aliphatic carbocycles. The molecule has 0 atom stereocenters. The summed E-state index contributed by atoms with van der Waals surface area (Å²) >= 11 is 0. The maximum absolute atomic E-state index is 12.8. The Hall–Kier alpha value is -2.28. The highest BCUT2D eigenvalue weighted by molar-refractivity contribution is 5.94. The third kappa shape index (κ3) is 5.41. The second-order valence-electron chi connectivity index (χ2n) is 6.91. The molecule has 1 amide bonds. The zero-order valence-corrected chi connectivity index (χ0v) is 17.9. The maximum Gasteiger partial charge on any atom is 0.253 e. The van der Waals surface area contributed by atoms with Crippen LogP contribution in [0, 0.1) is 0 Å². The summed E-state index contributed by atoms with van der Waals surface area (Å²) in [7, 11) is 1.89. The molecule has 0 spiro atoms. The van der Waals surface area contributed by atoms with Gasteiger partial charge in [0.15, 0.2) is 0 Å². The summed E-state index contributed by atoms with van der Waals surface area (Å²) in [4.78, 5) is 19.2. The number of nitrogens with one attached hydrogen (secondary N) is 1. The van der Waals surface area contributed by atoms with Gasteiger partial charge in [-0.05, 0) is 56.3 Å². The van der Waals surface area contributed by atoms with Crippen molar-refractivity contribution < 1.29 is 9.53 Å².